The highest BCUT2D eigenvalue weighted by atomic mass is 35.5. The van der Waals surface area contributed by atoms with E-state index in [0.717, 1.165) is 27.6 Å². The highest BCUT2D eigenvalue weighted by Gasteiger charge is 2.09. The first-order valence-corrected chi connectivity index (χ1v) is 6.81. The van der Waals surface area contributed by atoms with Crippen molar-refractivity contribution in [2.45, 2.75) is 19.6 Å². The van der Waals surface area contributed by atoms with Gasteiger partial charge < -0.3 is 15.2 Å². The second-order valence-corrected chi connectivity index (χ2v) is 5.04. The lowest BCUT2D eigenvalue weighted by Gasteiger charge is -2.18. The van der Waals surface area contributed by atoms with E-state index >= 15 is 0 Å². The fourth-order valence-corrected chi connectivity index (χ4v) is 2.16. The zero-order valence-electron chi connectivity index (χ0n) is 11.6. The Morgan fingerprint density at radius 3 is 2.50 bits per heavy atom. The highest BCUT2D eigenvalue weighted by Crippen LogP contribution is 2.26. The van der Waals surface area contributed by atoms with E-state index in [0.29, 0.717) is 0 Å². The maximum absolute atomic E-state index is 9.45. The Balaban J connectivity index is 2.18. The van der Waals surface area contributed by atoms with Crippen LogP contribution in [0.15, 0.2) is 42.5 Å². The Labute approximate surface area is 124 Å². The second-order valence-electron chi connectivity index (χ2n) is 4.60. The summed E-state index contributed by atoms with van der Waals surface area (Å²) in [5.41, 5.74) is 2.84. The number of rotatable bonds is 5. The van der Waals surface area contributed by atoms with Crippen molar-refractivity contribution in [1.82, 2.24) is 0 Å². The lowest BCUT2D eigenvalue weighted by atomic mass is 10.1. The standard InChI is InChI=1S/C16H18ClNO2/c1-11(12-3-5-14(17)6-4-12)18-16-8-7-15(20-2)9-13(16)10-19/h3-9,11,18-19H,10H2,1-2H3. The van der Waals surface area contributed by atoms with Gasteiger partial charge in [0.1, 0.15) is 5.75 Å². The van der Waals surface area contributed by atoms with E-state index in [4.69, 9.17) is 16.3 Å². The fraction of sp³-hybridized carbons (Fsp3) is 0.250. The maximum atomic E-state index is 9.45. The number of methoxy groups -OCH3 is 1. The minimum absolute atomic E-state index is 0.0349. The number of nitrogens with one attached hydrogen (secondary N) is 1. The molecule has 0 fully saturated rings. The average molecular weight is 292 g/mol. The molecular formula is C16H18ClNO2. The van der Waals surface area contributed by atoms with E-state index in [1.165, 1.54) is 0 Å². The van der Waals surface area contributed by atoms with Gasteiger partial charge in [-0.1, -0.05) is 23.7 Å². The van der Waals surface area contributed by atoms with Crippen LogP contribution in [0.25, 0.3) is 0 Å². The highest BCUT2D eigenvalue weighted by molar-refractivity contribution is 6.30. The summed E-state index contributed by atoms with van der Waals surface area (Å²) >= 11 is 5.89. The van der Waals surface area contributed by atoms with Crippen LogP contribution in [0.4, 0.5) is 5.69 Å². The van der Waals surface area contributed by atoms with Gasteiger partial charge in [0.15, 0.2) is 0 Å². The van der Waals surface area contributed by atoms with Crippen LogP contribution in [-0.2, 0) is 6.61 Å². The summed E-state index contributed by atoms with van der Waals surface area (Å²) in [4.78, 5) is 0. The van der Waals surface area contributed by atoms with Crippen molar-refractivity contribution in [3.8, 4) is 5.75 Å². The molecule has 1 atom stereocenters. The summed E-state index contributed by atoms with van der Waals surface area (Å²) in [6.45, 7) is 2.03. The van der Waals surface area contributed by atoms with Crippen LogP contribution in [0.1, 0.15) is 24.1 Å². The Morgan fingerprint density at radius 1 is 1.20 bits per heavy atom. The van der Waals surface area contributed by atoms with Gasteiger partial charge in [0.05, 0.1) is 13.7 Å². The molecule has 0 aromatic heterocycles. The molecule has 0 spiro atoms. The Hall–Kier alpha value is -1.71. The smallest absolute Gasteiger partial charge is 0.119 e. The molecule has 2 aromatic carbocycles. The molecule has 4 heteroatoms. The largest absolute Gasteiger partial charge is 0.497 e. The van der Waals surface area contributed by atoms with Crippen molar-refractivity contribution in [1.29, 1.82) is 0 Å². The molecule has 0 aliphatic heterocycles. The summed E-state index contributed by atoms with van der Waals surface area (Å²) in [5.74, 6) is 0.735. The third kappa shape index (κ3) is 3.44. The van der Waals surface area contributed by atoms with E-state index in [2.05, 4.69) is 12.2 Å². The fourth-order valence-electron chi connectivity index (χ4n) is 2.04. The first-order valence-electron chi connectivity index (χ1n) is 6.44. The molecule has 0 saturated heterocycles. The van der Waals surface area contributed by atoms with Crippen molar-refractivity contribution in [2.75, 3.05) is 12.4 Å². The molecule has 0 saturated carbocycles. The topological polar surface area (TPSA) is 41.5 Å². The molecule has 0 radical (unpaired) electrons. The predicted octanol–water partition coefficient (Wildman–Crippen LogP) is 4.01. The Morgan fingerprint density at radius 2 is 1.90 bits per heavy atom. The van der Waals surface area contributed by atoms with Crippen molar-refractivity contribution >= 4 is 17.3 Å². The number of hydrogen-bond donors (Lipinski definition) is 2. The van der Waals surface area contributed by atoms with Crippen LogP contribution in [-0.4, -0.2) is 12.2 Å². The number of aliphatic hydroxyl groups is 1. The first kappa shape index (κ1) is 14.7. The molecule has 0 heterocycles. The number of halogens is 1. The van der Waals surface area contributed by atoms with Gasteiger partial charge in [-0.05, 0) is 42.8 Å². The number of ether oxygens (including phenoxy) is 1. The SMILES string of the molecule is COc1ccc(NC(C)c2ccc(Cl)cc2)c(CO)c1. The number of benzene rings is 2. The lowest BCUT2D eigenvalue weighted by molar-refractivity contribution is 0.281. The van der Waals surface area contributed by atoms with Gasteiger partial charge in [-0.25, -0.2) is 0 Å². The van der Waals surface area contributed by atoms with E-state index in [1.54, 1.807) is 7.11 Å². The van der Waals surface area contributed by atoms with E-state index in [-0.39, 0.29) is 12.6 Å². The second kappa shape index (κ2) is 6.64. The maximum Gasteiger partial charge on any atom is 0.119 e. The minimum Gasteiger partial charge on any atom is -0.497 e. The van der Waals surface area contributed by atoms with Crippen molar-refractivity contribution in [2.24, 2.45) is 0 Å². The normalized spacial score (nSPS) is 12.0. The van der Waals surface area contributed by atoms with Crippen molar-refractivity contribution in [3.05, 3.63) is 58.6 Å². The number of anilines is 1. The zero-order valence-corrected chi connectivity index (χ0v) is 12.3. The van der Waals surface area contributed by atoms with Crippen molar-refractivity contribution < 1.29 is 9.84 Å². The molecule has 3 nitrogen and oxygen atoms in total. The molecule has 1 unspecified atom stereocenters. The molecule has 0 amide bonds. The van der Waals surface area contributed by atoms with Gasteiger partial charge >= 0.3 is 0 Å². The molecule has 0 aliphatic rings. The Bertz CT molecular complexity index is 569. The molecule has 20 heavy (non-hydrogen) atoms. The first-order chi connectivity index (χ1) is 9.63. The summed E-state index contributed by atoms with van der Waals surface area (Å²) in [7, 11) is 1.61. The van der Waals surface area contributed by atoms with Crippen LogP contribution < -0.4 is 10.1 Å². The number of aliphatic hydroxyl groups excluding tert-OH is 1. The van der Waals surface area contributed by atoms with Gasteiger partial charge in [-0.15, -0.1) is 0 Å². The minimum atomic E-state index is -0.0349. The quantitative estimate of drug-likeness (QED) is 0.874. The summed E-state index contributed by atoms with van der Waals surface area (Å²) in [6, 6.07) is 13.5. The third-order valence-corrected chi connectivity index (χ3v) is 3.48. The van der Waals surface area contributed by atoms with Crippen LogP contribution >= 0.6 is 11.6 Å². The zero-order chi connectivity index (χ0) is 14.5. The third-order valence-electron chi connectivity index (χ3n) is 3.22. The predicted molar refractivity (Wildman–Crippen MR) is 82.4 cm³/mol. The summed E-state index contributed by atoms with van der Waals surface area (Å²) in [6.07, 6.45) is 0. The lowest BCUT2D eigenvalue weighted by Crippen LogP contribution is -2.08. The van der Waals surface area contributed by atoms with Gasteiger partial charge in [-0.2, -0.15) is 0 Å². The average Bonchev–Trinajstić information content (AvgIpc) is 2.48. The van der Waals surface area contributed by atoms with E-state index in [1.807, 2.05) is 42.5 Å². The summed E-state index contributed by atoms with van der Waals surface area (Å²) in [5, 5.41) is 13.6. The molecule has 106 valence electrons. The number of hydrogen-bond acceptors (Lipinski definition) is 3. The molecule has 2 aromatic rings. The molecule has 0 bridgehead atoms. The van der Waals surface area contributed by atoms with Gasteiger partial charge in [0.25, 0.3) is 0 Å². The summed E-state index contributed by atoms with van der Waals surface area (Å²) < 4.78 is 5.16. The van der Waals surface area contributed by atoms with Crippen LogP contribution in [0.3, 0.4) is 0 Å². The van der Waals surface area contributed by atoms with Crippen LogP contribution in [0.2, 0.25) is 5.02 Å². The van der Waals surface area contributed by atoms with Gasteiger partial charge in [-0.3, -0.25) is 0 Å². The molecule has 2 N–H and O–H groups in total. The molecule has 0 aliphatic carbocycles. The van der Waals surface area contributed by atoms with Crippen molar-refractivity contribution in [3.63, 3.8) is 0 Å². The van der Waals surface area contributed by atoms with E-state index in [9.17, 15) is 5.11 Å². The van der Waals surface area contributed by atoms with E-state index < -0.39 is 0 Å². The van der Waals surface area contributed by atoms with Gasteiger partial charge in [0.2, 0.25) is 0 Å². The van der Waals surface area contributed by atoms with Gasteiger partial charge in [0, 0.05) is 22.3 Å². The van der Waals surface area contributed by atoms with Crippen LogP contribution in [0, 0.1) is 0 Å². The van der Waals surface area contributed by atoms with Crippen LogP contribution in [0.5, 0.6) is 5.75 Å². The molecule has 2 rings (SSSR count). The Kier molecular flexibility index (Phi) is 4.88. The molecular weight excluding hydrogens is 274 g/mol. The monoisotopic (exact) mass is 291 g/mol.